The topological polar surface area (TPSA) is 99.4 Å². The number of carboxylic acid groups (broad SMARTS) is 1. The Morgan fingerprint density at radius 2 is 2.10 bits per heavy atom. The van der Waals surface area contributed by atoms with Gasteiger partial charge in [0.05, 0.1) is 12.7 Å². The van der Waals surface area contributed by atoms with Crippen LogP contribution in [0.1, 0.15) is 32.1 Å². The van der Waals surface area contributed by atoms with Crippen LogP contribution in [-0.4, -0.2) is 23.6 Å². The van der Waals surface area contributed by atoms with Gasteiger partial charge in [0.25, 0.3) is 0 Å². The predicted octanol–water partition coefficient (Wildman–Crippen LogP) is 2.56. The summed E-state index contributed by atoms with van der Waals surface area (Å²) in [5.41, 5.74) is 0.605. The molecule has 0 bridgehead atoms. The molecular formula is C15H18N2O4. The number of ether oxygens (including phenoxy) is 1. The molecular weight excluding hydrogens is 272 g/mol. The molecule has 1 rings (SSSR count). The molecule has 0 radical (unpaired) electrons. The molecule has 0 heterocycles. The number of carbonyl (C=O) groups is 2. The van der Waals surface area contributed by atoms with Crippen LogP contribution in [0.15, 0.2) is 24.3 Å². The standard InChI is InChI=1S/C15H18N2O4/c16-9-1-2-10-21-13-6-3-5-12(11-13)17-14(18)7-4-8-15(19)20/h3,5-6,11H,1-2,4,7-8,10H2,(H,17,18)(H,19,20). The second-order valence-corrected chi connectivity index (χ2v) is 4.43. The van der Waals surface area contributed by atoms with Crippen LogP contribution < -0.4 is 10.1 Å². The van der Waals surface area contributed by atoms with Crippen molar-refractivity contribution in [1.82, 2.24) is 0 Å². The highest BCUT2D eigenvalue weighted by Gasteiger charge is 2.05. The zero-order chi connectivity index (χ0) is 15.5. The van der Waals surface area contributed by atoms with Gasteiger partial charge in [-0.15, -0.1) is 0 Å². The fourth-order valence-corrected chi connectivity index (χ4v) is 1.63. The maximum absolute atomic E-state index is 11.6. The SMILES string of the molecule is N#CCCCOc1cccc(NC(=O)CCCC(=O)O)c1. The van der Waals surface area contributed by atoms with Crippen LogP contribution in [0.2, 0.25) is 0 Å². The minimum Gasteiger partial charge on any atom is -0.493 e. The normalized spacial score (nSPS) is 9.67. The van der Waals surface area contributed by atoms with Crippen LogP contribution in [0.4, 0.5) is 5.69 Å². The van der Waals surface area contributed by atoms with Crippen LogP contribution in [0.5, 0.6) is 5.75 Å². The minimum absolute atomic E-state index is 0.0184. The van der Waals surface area contributed by atoms with Gasteiger partial charge in [-0.05, 0) is 25.0 Å². The minimum atomic E-state index is -0.907. The number of hydrogen-bond acceptors (Lipinski definition) is 4. The van der Waals surface area contributed by atoms with Crippen LogP contribution in [0.3, 0.4) is 0 Å². The number of hydrogen-bond donors (Lipinski definition) is 2. The molecule has 0 saturated heterocycles. The number of anilines is 1. The number of nitrogens with zero attached hydrogens (tertiary/aromatic N) is 1. The monoisotopic (exact) mass is 290 g/mol. The molecule has 1 aromatic rings. The third-order valence-corrected chi connectivity index (χ3v) is 2.61. The zero-order valence-electron chi connectivity index (χ0n) is 11.7. The van der Waals surface area contributed by atoms with Crippen molar-refractivity contribution in [3.05, 3.63) is 24.3 Å². The van der Waals surface area contributed by atoms with Gasteiger partial charge in [0.1, 0.15) is 5.75 Å². The fourth-order valence-electron chi connectivity index (χ4n) is 1.63. The Bertz CT molecular complexity index is 523. The molecule has 2 N–H and O–H groups in total. The average Bonchev–Trinajstić information content (AvgIpc) is 2.43. The molecule has 0 atom stereocenters. The highest BCUT2D eigenvalue weighted by molar-refractivity contribution is 5.91. The van der Waals surface area contributed by atoms with E-state index in [4.69, 9.17) is 15.1 Å². The molecule has 6 nitrogen and oxygen atoms in total. The summed E-state index contributed by atoms with van der Waals surface area (Å²) in [6.07, 6.45) is 1.56. The summed E-state index contributed by atoms with van der Waals surface area (Å²) in [5.74, 6) is -0.510. The second kappa shape index (κ2) is 9.37. The third-order valence-electron chi connectivity index (χ3n) is 2.61. The highest BCUT2D eigenvalue weighted by atomic mass is 16.5. The van der Waals surface area contributed by atoms with Gasteiger partial charge < -0.3 is 15.2 Å². The number of rotatable bonds is 9. The highest BCUT2D eigenvalue weighted by Crippen LogP contribution is 2.18. The molecule has 0 aliphatic heterocycles. The number of unbranched alkanes of at least 4 members (excludes halogenated alkanes) is 1. The summed E-state index contributed by atoms with van der Waals surface area (Å²) in [7, 11) is 0. The van der Waals surface area contributed by atoms with E-state index in [1.807, 2.05) is 6.07 Å². The first-order valence-corrected chi connectivity index (χ1v) is 6.73. The number of nitriles is 1. The first-order valence-electron chi connectivity index (χ1n) is 6.73. The van der Waals surface area contributed by atoms with Crippen molar-refractivity contribution in [1.29, 1.82) is 5.26 Å². The van der Waals surface area contributed by atoms with Crippen LogP contribution in [0.25, 0.3) is 0 Å². The summed E-state index contributed by atoms with van der Waals surface area (Å²) in [5, 5.41) is 19.6. The molecule has 0 aromatic heterocycles. The van der Waals surface area contributed by atoms with E-state index in [1.165, 1.54) is 0 Å². The molecule has 21 heavy (non-hydrogen) atoms. The van der Waals surface area contributed by atoms with E-state index >= 15 is 0 Å². The van der Waals surface area contributed by atoms with Gasteiger partial charge in [0.2, 0.25) is 5.91 Å². The van der Waals surface area contributed by atoms with Crippen LogP contribution in [-0.2, 0) is 9.59 Å². The molecule has 112 valence electrons. The molecule has 0 spiro atoms. The van der Waals surface area contributed by atoms with Crippen molar-refractivity contribution in [2.45, 2.75) is 32.1 Å². The molecule has 6 heteroatoms. The Morgan fingerprint density at radius 3 is 2.81 bits per heavy atom. The van der Waals surface area contributed by atoms with Crippen LogP contribution >= 0.6 is 0 Å². The van der Waals surface area contributed by atoms with E-state index in [0.717, 1.165) is 0 Å². The maximum Gasteiger partial charge on any atom is 0.303 e. The van der Waals surface area contributed by atoms with E-state index in [-0.39, 0.29) is 18.7 Å². The lowest BCUT2D eigenvalue weighted by Gasteiger charge is -2.08. The molecule has 1 aromatic carbocycles. The number of amides is 1. The number of aliphatic carboxylic acids is 1. The third kappa shape index (κ3) is 7.57. The van der Waals surface area contributed by atoms with Crippen molar-refractivity contribution in [3.63, 3.8) is 0 Å². The summed E-state index contributed by atoms with van der Waals surface area (Å²) in [4.78, 5) is 22.0. The van der Waals surface area contributed by atoms with E-state index in [2.05, 4.69) is 5.32 Å². The number of nitrogens with one attached hydrogen (secondary N) is 1. The fraction of sp³-hybridized carbons (Fsp3) is 0.400. The molecule has 0 fully saturated rings. The molecule has 0 aliphatic rings. The molecule has 0 unspecified atom stereocenters. The number of benzene rings is 1. The van der Waals surface area contributed by atoms with Gasteiger partial charge >= 0.3 is 5.97 Å². The van der Waals surface area contributed by atoms with E-state index in [9.17, 15) is 9.59 Å². The maximum atomic E-state index is 11.6. The Kier molecular flexibility index (Phi) is 7.36. The van der Waals surface area contributed by atoms with E-state index in [0.29, 0.717) is 37.3 Å². The van der Waals surface area contributed by atoms with Gasteiger partial charge in [-0.2, -0.15) is 5.26 Å². The van der Waals surface area contributed by atoms with Crippen molar-refractivity contribution in [3.8, 4) is 11.8 Å². The summed E-state index contributed by atoms with van der Waals surface area (Å²) >= 11 is 0. The first kappa shape index (κ1) is 16.5. The van der Waals surface area contributed by atoms with Crippen LogP contribution in [0, 0.1) is 11.3 Å². The van der Waals surface area contributed by atoms with Crippen molar-refractivity contribution in [2.24, 2.45) is 0 Å². The lowest BCUT2D eigenvalue weighted by atomic mass is 10.2. The Balaban J connectivity index is 2.39. The number of carbonyl (C=O) groups excluding carboxylic acids is 1. The molecule has 0 aliphatic carbocycles. The smallest absolute Gasteiger partial charge is 0.303 e. The zero-order valence-corrected chi connectivity index (χ0v) is 11.7. The Hall–Kier alpha value is -2.55. The Labute approximate surface area is 123 Å². The summed E-state index contributed by atoms with van der Waals surface area (Å²) in [6.45, 7) is 0.448. The van der Waals surface area contributed by atoms with Gasteiger partial charge in [-0.25, -0.2) is 0 Å². The Morgan fingerprint density at radius 1 is 1.29 bits per heavy atom. The van der Waals surface area contributed by atoms with Crippen molar-refractivity contribution >= 4 is 17.6 Å². The predicted molar refractivity (Wildman–Crippen MR) is 76.9 cm³/mol. The lowest BCUT2D eigenvalue weighted by molar-refractivity contribution is -0.137. The van der Waals surface area contributed by atoms with E-state index < -0.39 is 5.97 Å². The molecule has 0 saturated carbocycles. The first-order chi connectivity index (χ1) is 10.1. The largest absolute Gasteiger partial charge is 0.493 e. The van der Waals surface area contributed by atoms with Crippen molar-refractivity contribution in [2.75, 3.05) is 11.9 Å². The van der Waals surface area contributed by atoms with Gasteiger partial charge in [0, 0.05) is 31.0 Å². The van der Waals surface area contributed by atoms with E-state index in [1.54, 1.807) is 24.3 Å². The second-order valence-electron chi connectivity index (χ2n) is 4.43. The van der Waals surface area contributed by atoms with Gasteiger partial charge in [-0.3, -0.25) is 9.59 Å². The molecule has 1 amide bonds. The summed E-state index contributed by atoms with van der Waals surface area (Å²) in [6, 6.07) is 9.00. The average molecular weight is 290 g/mol. The van der Waals surface area contributed by atoms with Crippen molar-refractivity contribution < 1.29 is 19.4 Å². The van der Waals surface area contributed by atoms with Gasteiger partial charge in [0.15, 0.2) is 0 Å². The van der Waals surface area contributed by atoms with Gasteiger partial charge in [-0.1, -0.05) is 6.07 Å². The summed E-state index contributed by atoms with van der Waals surface area (Å²) < 4.78 is 5.46. The quantitative estimate of drug-likeness (QED) is 0.681. The lowest BCUT2D eigenvalue weighted by Crippen LogP contribution is -2.12. The number of carboxylic acids is 1.